The van der Waals surface area contributed by atoms with Gasteiger partial charge >= 0.3 is 6.61 Å². The van der Waals surface area contributed by atoms with Gasteiger partial charge in [-0.25, -0.2) is 0 Å². The molecule has 2 saturated heterocycles. The molecule has 2 fully saturated rings. The van der Waals surface area contributed by atoms with Gasteiger partial charge in [0.05, 0.1) is 6.61 Å². The van der Waals surface area contributed by atoms with E-state index >= 15 is 0 Å². The number of likely N-dealkylation sites (tertiary alicyclic amines) is 2. The summed E-state index contributed by atoms with van der Waals surface area (Å²) in [6.45, 7) is 0.469. The normalized spacial score (nSPS) is 24.5. The molecule has 0 bridgehead atoms. The number of carbonyl (C=O) groups excluding carboxylic acids is 1. The van der Waals surface area contributed by atoms with E-state index in [1.165, 1.54) is 0 Å². The molecular weight excluding hydrogens is 342 g/mol. The smallest absolute Gasteiger partial charge is 0.387 e. The summed E-state index contributed by atoms with van der Waals surface area (Å²) in [6.07, 6.45) is 3.42. The van der Waals surface area contributed by atoms with Gasteiger partial charge in [0.15, 0.2) is 0 Å². The standard InChI is InChI=1S/C19H26F2N2O3/c20-18(21)26-16-5-2-1-4-15(16)12-22-9-3-7-19(13-22)8-6-17(25)23(14-19)10-11-24/h1-2,4-5,18,24H,3,6-14H2/t19-/m0/s1. The minimum Gasteiger partial charge on any atom is -0.434 e. The van der Waals surface area contributed by atoms with E-state index in [1.807, 2.05) is 12.1 Å². The van der Waals surface area contributed by atoms with E-state index in [9.17, 15) is 18.7 Å². The molecule has 26 heavy (non-hydrogen) atoms. The number of rotatable bonds is 6. The molecule has 1 N–H and O–H groups in total. The Bertz CT molecular complexity index is 629. The lowest BCUT2D eigenvalue weighted by Crippen LogP contribution is -2.54. The van der Waals surface area contributed by atoms with Crippen LogP contribution < -0.4 is 4.74 Å². The van der Waals surface area contributed by atoms with Crippen molar-refractivity contribution in [1.29, 1.82) is 0 Å². The lowest BCUT2D eigenvalue weighted by Gasteiger charge is -2.48. The molecule has 3 rings (SSSR count). The monoisotopic (exact) mass is 368 g/mol. The number of alkyl halides is 2. The summed E-state index contributed by atoms with van der Waals surface area (Å²) < 4.78 is 29.9. The Morgan fingerprint density at radius 2 is 2.04 bits per heavy atom. The zero-order valence-corrected chi connectivity index (χ0v) is 14.9. The van der Waals surface area contributed by atoms with Crippen molar-refractivity contribution in [3.63, 3.8) is 0 Å². The highest BCUT2D eigenvalue weighted by atomic mass is 19.3. The molecule has 0 unspecified atom stereocenters. The highest BCUT2D eigenvalue weighted by molar-refractivity contribution is 5.77. The summed E-state index contributed by atoms with van der Waals surface area (Å²) in [6, 6.07) is 6.92. The van der Waals surface area contributed by atoms with Gasteiger partial charge in [-0.2, -0.15) is 8.78 Å². The van der Waals surface area contributed by atoms with Crippen molar-refractivity contribution >= 4 is 5.91 Å². The van der Waals surface area contributed by atoms with Gasteiger partial charge in [-0.05, 0) is 31.9 Å². The van der Waals surface area contributed by atoms with Gasteiger partial charge in [0.2, 0.25) is 5.91 Å². The van der Waals surface area contributed by atoms with Crippen LogP contribution in [0.2, 0.25) is 0 Å². The van der Waals surface area contributed by atoms with Crippen molar-refractivity contribution in [2.45, 2.75) is 38.8 Å². The molecule has 2 aliphatic heterocycles. The van der Waals surface area contributed by atoms with Crippen LogP contribution in [-0.2, 0) is 11.3 Å². The fraction of sp³-hybridized carbons (Fsp3) is 0.632. The fourth-order valence-corrected chi connectivity index (χ4v) is 4.29. The Morgan fingerprint density at radius 3 is 2.81 bits per heavy atom. The second-order valence-corrected chi connectivity index (χ2v) is 7.34. The molecular formula is C19H26F2N2O3. The Morgan fingerprint density at radius 1 is 1.23 bits per heavy atom. The zero-order chi connectivity index (χ0) is 18.6. The summed E-state index contributed by atoms with van der Waals surface area (Å²) in [5, 5.41) is 9.19. The largest absolute Gasteiger partial charge is 0.434 e. The van der Waals surface area contributed by atoms with Crippen LogP contribution in [0.1, 0.15) is 31.2 Å². The van der Waals surface area contributed by atoms with Gasteiger partial charge < -0.3 is 14.7 Å². The Hall–Kier alpha value is -1.73. The van der Waals surface area contributed by atoms with E-state index in [0.29, 0.717) is 26.1 Å². The molecule has 0 aliphatic carbocycles. The zero-order valence-electron chi connectivity index (χ0n) is 14.9. The number of hydrogen-bond acceptors (Lipinski definition) is 4. The number of para-hydroxylation sites is 1. The van der Waals surface area contributed by atoms with Crippen LogP contribution in [0.25, 0.3) is 0 Å². The lowest BCUT2D eigenvalue weighted by molar-refractivity contribution is -0.140. The molecule has 1 aromatic carbocycles. The second kappa shape index (κ2) is 8.31. The van der Waals surface area contributed by atoms with Crippen LogP contribution in [0, 0.1) is 5.41 Å². The van der Waals surface area contributed by atoms with Crippen LogP contribution in [0.5, 0.6) is 5.75 Å². The minimum absolute atomic E-state index is 0.0239. The quantitative estimate of drug-likeness (QED) is 0.838. The summed E-state index contributed by atoms with van der Waals surface area (Å²) in [4.78, 5) is 16.1. The maximum absolute atomic E-state index is 12.6. The van der Waals surface area contributed by atoms with Crippen molar-refractivity contribution < 1.29 is 23.4 Å². The minimum atomic E-state index is -2.83. The summed E-state index contributed by atoms with van der Waals surface area (Å²) in [5.74, 6) is 0.334. The number of piperidine rings is 2. The molecule has 1 atom stereocenters. The van der Waals surface area contributed by atoms with Gasteiger partial charge in [-0.1, -0.05) is 18.2 Å². The van der Waals surface area contributed by atoms with Crippen LogP contribution >= 0.6 is 0 Å². The van der Waals surface area contributed by atoms with E-state index in [2.05, 4.69) is 9.64 Å². The van der Waals surface area contributed by atoms with Crippen LogP contribution in [0.3, 0.4) is 0 Å². The highest BCUT2D eigenvalue weighted by Gasteiger charge is 2.41. The first-order valence-corrected chi connectivity index (χ1v) is 9.15. The molecule has 0 radical (unpaired) electrons. The van der Waals surface area contributed by atoms with E-state index in [0.717, 1.165) is 37.9 Å². The highest BCUT2D eigenvalue weighted by Crippen LogP contribution is 2.39. The number of amides is 1. The van der Waals surface area contributed by atoms with Gasteiger partial charge in [0.25, 0.3) is 0 Å². The van der Waals surface area contributed by atoms with Crippen molar-refractivity contribution in [2.24, 2.45) is 5.41 Å². The first-order chi connectivity index (χ1) is 12.5. The number of halogens is 2. The first-order valence-electron chi connectivity index (χ1n) is 9.15. The molecule has 1 aromatic rings. The van der Waals surface area contributed by atoms with Crippen LogP contribution in [0.4, 0.5) is 8.78 Å². The molecule has 5 nitrogen and oxygen atoms in total. The third-order valence-corrected chi connectivity index (χ3v) is 5.44. The third kappa shape index (κ3) is 4.51. The fourth-order valence-electron chi connectivity index (χ4n) is 4.29. The van der Waals surface area contributed by atoms with Gasteiger partial charge in [-0.3, -0.25) is 9.69 Å². The SMILES string of the molecule is O=C1CC[C@]2(CCCN(Cc3ccccc3OC(F)F)C2)CN1CCO. The van der Waals surface area contributed by atoms with Crippen molar-refractivity contribution in [1.82, 2.24) is 9.80 Å². The second-order valence-electron chi connectivity index (χ2n) is 7.34. The third-order valence-electron chi connectivity index (χ3n) is 5.44. The molecule has 144 valence electrons. The number of benzene rings is 1. The summed E-state index contributed by atoms with van der Waals surface area (Å²) in [5.41, 5.74) is 0.781. The van der Waals surface area contributed by atoms with E-state index in [4.69, 9.17) is 0 Å². The van der Waals surface area contributed by atoms with Crippen LogP contribution in [-0.4, -0.2) is 60.2 Å². The number of aliphatic hydroxyl groups is 1. The first kappa shape index (κ1) is 19.0. The Balaban J connectivity index is 1.68. The number of nitrogens with zero attached hydrogens (tertiary/aromatic N) is 2. The van der Waals surface area contributed by atoms with Crippen molar-refractivity contribution in [2.75, 3.05) is 32.8 Å². The molecule has 2 heterocycles. The molecule has 1 spiro atoms. The summed E-state index contributed by atoms with van der Waals surface area (Å²) in [7, 11) is 0. The molecule has 0 aromatic heterocycles. The Kier molecular flexibility index (Phi) is 6.09. The Labute approximate surface area is 152 Å². The lowest BCUT2D eigenvalue weighted by atomic mass is 9.73. The number of aliphatic hydroxyl groups excluding tert-OH is 1. The van der Waals surface area contributed by atoms with Gasteiger partial charge in [0.1, 0.15) is 5.75 Å². The summed E-state index contributed by atoms with van der Waals surface area (Å²) >= 11 is 0. The maximum atomic E-state index is 12.6. The van der Waals surface area contributed by atoms with Gasteiger partial charge in [-0.15, -0.1) is 0 Å². The predicted molar refractivity (Wildman–Crippen MR) is 92.9 cm³/mol. The average Bonchev–Trinajstić information content (AvgIpc) is 2.60. The topological polar surface area (TPSA) is 53.0 Å². The number of β-amino-alcohol motifs (C(OH)–C–C–N with tert-alkyl or cyclic N) is 1. The average molecular weight is 368 g/mol. The maximum Gasteiger partial charge on any atom is 0.387 e. The van der Waals surface area contributed by atoms with Crippen LogP contribution in [0.15, 0.2) is 24.3 Å². The molecule has 2 aliphatic rings. The molecule has 7 heteroatoms. The number of ether oxygens (including phenoxy) is 1. The predicted octanol–water partition coefficient (Wildman–Crippen LogP) is 2.48. The van der Waals surface area contributed by atoms with Crippen molar-refractivity contribution in [3.05, 3.63) is 29.8 Å². The van der Waals surface area contributed by atoms with E-state index < -0.39 is 6.61 Å². The molecule has 1 amide bonds. The van der Waals surface area contributed by atoms with E-state index in [-0.39, 0.29) is 23.7 Å². The van der Waals surface area contributed by atoms with Crippen molar-refractivity contribution in [3.8, 4) is 5.75 Å². The van der Waals surface area contributed by atoms with E-state index in [1.54, 1.807) is 17.0 Å². The number of hydrogen-bond donors (Lipinski definition) is 1. The molecule has 0 saturated carbocycles. The number of carbonyl (C=O) groups is 1. The van der Waals surface area contributed by atoms with Gasteiger partial charge in [0, 0.05) is 43.6 Å².